The van der Waals surface area contributed by atoms with Crippen LogP contribution in [0.5, 0.6) is 5.88 Å². The minimum atomic E-state index is -0.559. The fourth-order valence-electron chi connectivity index (χ4n) is 2.07. The lowest BCUT2D eigenvalue weighted by Crippen LogP contribution is -2.29. The highest BCUT2D eigenvalue weighted by Crippen LogP contribution is 2.28. The number of imide groups is 1. The van der Waals surface area contributed by atoms with Gasteiger partial charge in [0.1, 0.15) is 5.82 Å². The highest BCUT2D eigenvalue weighted by molar-refractivity contribution is 6.34. The monoisotopic (exact) mass is 272 g/mol. The summed E-state index contributed by atoms with van der Waals surface area (Å²) in [5.41, 5.74) is 0.565. The van der Waals surface area contributed by atoms with E-state index in [1.807, 2.05) is 0 Å². The van der Waals surface area contributed by atoms with Crippen LogP contribution in [0.3, 0.4) is 0 Å². The zero-order valence-corrected chi connectivity index (χ0v) is 10.5. The number of pyridine rings is 1. The van der Waals surface area contributed by atoms with E-state index in [-0.39, 0.29) is 11.1 Å². The Morgan fingerprint density at radius 1 is 1.10 bits per heavy atom. The number of aromatic nitrogens is 1. The van der Waals surface area contributed by atoms with Crippen LogP contribution in [-0.2, 0) is 0 Å². The van der Waals surface area contributed by atoms with Gasteiger partial charge in [0, 0.05) is 6.07 Å². The Kier molecular flexibility index (Phi) is 2.71. The molecule has 3 rings (SSSR count). The summed E-state index contributed by atoms with van der Waals surface area (Å²) in [4.78, 5) is 29.3. The van der Waals surface area contributed by atoms with Gasteiger partial charge in [-0.25, -0.2) is 14.3 Å². The molecule has 20 heavy (non-hydrogen) atoms. The first kappa shape index (κ1) is 12.3. The Balaban J connectivity index is 2.04. The number of methoxy groups -OCH3 is 1. The molecule has 0 aliphatic carbocycles. The average Bonchev–Trinajstić information content (AvgIpc) is 2.71. The molecule has 0 saturated heterocycles. The largest absolute Gasteiger partial charge is 0.481 e. The predicted molar refractivity (Wildman–Crippen MR) is 68.3 cm³/mol. The van der Waals surface area contributed by atoms with Gasteiger partial charge in [0.15, 0.2) is 0 Å². The number of halogens is 1. The molecule has 2 aromatic rings. The molecular formula is C14H9FN2O3. The smallest absolute Gasteiger partial charge is 0.266 e. The Morgan fingerprint density at radius 2 is 1.85 bits per heavy atom. The molecule has 1 aromatic heterocycles. The first-order chi connectivity index (χ1) is 9.61. The van der Waals surface area contributed by atoms with Gasteiger partial charge in [0.2, 0.25) is 5.88 Å². The van der Waals surface area contributed by atoms with Gasteiger partial charge in [-0.3, -0.25) is 9.59 Å². The van der Waals surface area contributed by atoms with E-state index >= 15 is 0 Å². The molecule has 2 heterocycles. The van der Waals surface area contributed by atoms with Crippen LogP contribution in [0.25, 0.3) is 0 Å². The lowest BCUT2D eigenvalue weighted by molar-refractivity contribution is 0.0926. The second-order valence-electron chi connectivity index (χ2n) is 4.19. The van der Waals surface area contributed by atoms with Crippen molar-refractivity contribution in [1.29, 1.82) is 0 Å². The van der Waals surface area contributed by atoms with Crippen molar-refractivity contribution in [2.75, 3.05) is 12.0 Å². The summed E-state index contributed by atoms with van der Waals surface area (Å²) in [6, 6.07) is 6.61. The van der Waals surface area contributed by atoms with Crippen molar-refractivity contribution >= 4 is 17.5 Å². The van der Waals surface area contributed by atoms with Crippen LogP contribution < -0.4 is 9.64 Å². The van der Waals surface area contributed by atoms with E-state index in [2.05, 4.69) is 4.98 Å². The maximum absolute atomic E-state index is 13.2. The summed E-state index contributed by atoms with van der Waals surface area (Å²) < 4.78 is 18.1. The summed E-state index contributed by atoms with van der Waals surface area (Å²) in [6.45, 7) is 0. The normalized spacial score (nSPS) is 13.6. The van der Waals surface area contributed by atoms with Gasteiger partial charge in [-0.2, -0.15) is 0 Å². The van der Waals surface area contributed by atoms with E-state index in [1.54, 1.807) is 12.1 Å². The van der Waals surface area contributed by atoms with Crippen molar-refractivity contribution in [3.63, 3.8) is 0 Å². The first-order valence-corrected chi connectivity index (χ1v) is 5.80. The fourth-order valence-corrected chi connectivity index (χ4v) is 2.07. The second kappa shape index (κ2) is 4.41. The van der Waals surface area contributed by atoms with E-state index in [0.717, 1.165) is 17.0 Å². The Bertz CT molecular complexity index is 713. The van der Waals surface area contributed by atoms with E-state index in [0.29, 0.717) is 11.6 Å². The number of hydrogen-bond donors (Lipinski definition) is 0. The Morgan fingerprint density at radius 3 is 2.50 bits per heavy atom. The van der Waals surface area contributed by atoms with Crippen molar-refractivity contribution in [2.45, 2.75) is 0 Å². The average molecular weight is 272 g/mol. The third-order valence-electron chi connectivity index (χ3n) is 3.04. The number of carbonyl (C=O) groups excluding carboxylic acids is 2. The maximum atomic E-state index is 13.2. The lowest BCUT2D eigenvalue weighted by Gasteiger charge is -2.13. The van der Waals surface area contributed by atoms with Crippen molar-refractivity contribution in [2.24, 2.45) is 0 Å². The molecule has 0 atom stereocenters. The van der Waals surface area contributed by atoms with Crippen molar-refractivity contribution < 1.29 is 18.7 Å². The molecule has 1 aliphatic heterocycles. The molecule has 0 saturated carbocycles. The molecular weight excluding hydrogens is 263 g/mol. The quantitative estimate of drug-likeness (QED) is 0.785. The van der Waals surface area contributed by atoms with E-state index in [1.165, 1.54) is 19.4 Å². The Labute approximate surface area is 113 Å². The molecule has 0 N–H and O–H groups in total. The third kappa shape index (κ3) is 1.73. The molecule has 1 aliphatic rings. The summed E-state index contributed by atoms with van der Waals surface area (Å²) in [6.07, 6.45) is 1.36. The van der Waals surface area contributed by atoms with Crippen LogP contribution in [0.2, 0.25) is 0 Å². The molecule has 6 heteroatoms. The summed E-state index contributed by atoms with van der Waals surface area (Å²) in [5.74, 6) is -1.23. The number of benzene rings is 1. The number of nitrogens with zero attached hydrogens (tertiary/aromatic N) is 2. The highest BCUT2D eigenvalue weighted by atomic mass is 19.1. The molecule has 1 aromatic carbocycles. The van der Waals surface area contributed by atoms with E-state index < -0.39 is 17.6 Å². The molecule has 0 fully saturated rings. The van der Waals surface area contributed by atoms with Crippen LogP contribution in [-0.4, -0.2) is 23.9 Å². The van der Waals surface area contributed by atoms with Crippen molar-refractivity contribution in [1.82, 2.24) is 4.98 Å². The summed E-state index contributed by atoms with van der Waals surface area (Å²) in [5, 5.41) is 0. The maximum Gasteiger partial charge on any atom is 0.266 e. The predicted octanol–water partition coefficient (Wildman–Crippen LogP) is 2.03. The number of carbonyl (C=O) groups is 2. The lowest BCUT2D eigenvalue weighted by atomic mass is 10.1. The second-order valence-corrected chi connectivity index (χ2v) is 4.19. The number of anilines is 1. The molecule has 0 unspecified atom stereocenters. The minimum Gasteiger partial charge on any atom is -0.481 e. The van der Waals surface area contributed by atoms with Gasteiger partial charge in [0.05, 0.1) is 30.1 Å². The summed E-state index contributed by atoms with van der Waals surface area (Å²) >= 11 is 0. The van der Waals surface area contributed by atoms with Crippen molar-refractivity contribution in [3.05, 3.63) is 53.5 Å². The van der Waals surface area contributed by atoms with Gasteiger partial charge in [0.25, 0.3) is 11.8 Å². The van der Waals surface area contributed by atoms with Gasteiger partial charge in [-0.1, -0.05) is 0 Å². The molecule has 100 valence electrons. The summed E-state index contributed by atoms with van der Waals surface area (Å²) in [7, 11) is 1.47. The van der Waals surface area contributed by atoms with Gasteiger partial charge >= 0.3 is 0 Å². The SMILES string of the molecule is COc1ccc(N2C(=O)c3ccc(F)cc3C2=O)cn1. The molecule has 2 amide bonds. The topological polar surface area (TPSA) is 59.5 Å². The van der Waals surface area contributed by atoms with E-state index in [9.17, 15) is 14.0 Å². The highest BCUT2D eigenvalue weighted by Gasteiger charge is 2.37. The Hall–Kier alpha value is -2.76. The number of ether oxygens (including phenoxy) is 1. The van der Waals surface area contributed by atoms with Crippen LogP contribution in [0, 0.1) is 5.82 Å². The van der Waals surface area contributed by atoms with Gasteiger partial charge in [-0.15, -0.1) is 0 Å². The molecule has 0 radical (unpaired) electrons. The van der Waals surface area contributed by atoms with Crippen LogP contribution >= 0.6 is 0 Å². The minimum absolute atomic E-state index is 0.0609. The first-order valence-electron chi connectivity index (χ1n) is 5.80. The van der Waals surface area contributed by atoms with E-state index in [4.69, 9.17) is 4.74 Å². The van der Waals surface area contributed by atoms with Crippen molar-refractivity contribution in [3.8, 4) is 5.88 Å². The molecule has 0 spiro atoms. The number of rotatable bonds is 2. The van der Waals surface area contributed by atoms with Crippen LogP contribution in [0.15, 0.2) is 36.5 Å². The van der Waals surface area contributed by atoms with Crippen LogP contribution in [0.4, 0.5) is 10.1 Å². The zero-order chi connectivity index (χ0) is 14.3. The van der Waals surface area contributed by atoms with Gasteiger partial charge < -0.3 is 4.74 Å². The number of amides is 2. The standard InChI is InChI=1S/C14H9FN2O3/c1-20-12-5-3-9(7-16-12)17-13(18)10-4-2-8(15)6-11(10)14(17)19/h2-7H,1H3. The van der Waals surface area contributed by atoms with Crippen LogP contribution in [0.1, 0.15) is 20.7 Å². The third-order valence-corrected chi connectivity index (χ3v) is 3.04. The molecule has 0 bridgehead atoms. The number of hydrogen-bond acceptors (Lipinski definition) is 4. The number of fused-ring (bicyclic) bond motifs is 1. The fraction of sp³-hybridized carbons (Fsp3) is 0.0714. The molecule has 5 nitrogen and oxygen atoms in total. The zero-order valence-electron chi connectivity index (χ0n) is 10.5. The van der Waals surface area contributed by atoms with Gasteiger partial charge in [-0.05, 0) is 24.3 Å².